The van der Waals surface area contributed by atoms with Crippen molar-refractivity contribution in [1.82, 2.24) is 9.97 Å². The Hall–Kier alpha value is -3.42. The Labute approximate surface area is 236 Å². The maximum Gasteiger partial charge on any atom is 0.354 e. The first kappa shape index (κ1) is 25.2. The van der Waals surface area contributed by atoms with Gasteiger partial charge in [-0.1, -0.05) is 42.5 Å². The maximum atomic E-state index is 10.1. The second-order valence-corrected chi connectivity index (χ2v) is 10.1. The molecule has 7 rings (SSSR count). The molecule has 0 saturated heterocycles. The molecule has 2 aliphatic rings. The first-order valence-corrected chi connectivity index (χ1v) is 12.8. The number of benzene rings is 3. The van der Waals surface area contributed by atoms with Crippen LogP contribution in [0.2, 0.25) is 0 Å². The van der Waals surface area contributed by atoms with Crippen molar-refractivity contribution in [2.24, 2.45) is 0 Å². The van der Waals surface area contributed by atoms with Crippen LogP contribution < -0.4 is 4.90 Å². The molecule has 5 aromatic rings. The molecule has 0 saturated carbocycles. The van der Waals surface area contributed by atoms with E-state index in [1.165, 1.54) is 44.0 Å². The summed E-state index contributed by atoms with van der Waals surface area (Å²) in [5.41, 5.74) is 5.80. The molecule has 3 aromatic carbocycles. The average Bonchev–Trinajstić information content (AvgIpc) is 2.94. The van der Waals surface area contributed by atoms with E-state index in [4.69, 9.17) is 5.11 Å². The van der Waals surface area contributed by atoms with Crippen LogP contribution in [-0.2, 0) is 20.1 Å². The number of aromatic carboxylic acids is 1. The standard InChI is InChI=1S/C23H13N2S2.C6H5NO2.Ir/c1-3-10-19-17(8-1)25-18-9-2-4-11-20(18)27-22-14-15(13-21(26-19)23(22)25)16-7-5-6-12-24-16;8-6(9)5-3-1-2-4-7-5;/h1-13H;1-4H,(H,8,9);/q-1;;. The summed E-state index contributed by atoms with van der Waals surface area (Å²) in [4.78, 5) is 25.6. The predicted octanol–water partition coefficient (Wildman–Crippen LogP) is 7.73. The number of fused-ring (bicyclic) bond motifs is 4. The number of hydrogen-bond donors (Lipinski definition) is 1. The van der Waals surface area contributed by atoms with Crippen molar-refractivity contribution in [2.75, 3.05) is 4.90 Å². The fourth-order valence-corrected chi connectivity index (χ4v) is 6.37. The monoisotopic (exact) mass is 697 g/mol. The molecule has 37 heavy (non-hydrogen) atoms. The van der Waals surface area contributed by atoms with Crippen LogP contribution in [0.5, 0.6) is 0 Å². The minimum absolute atomic E-state index is 0. The number of anilines is 3. The van der Waals surface area contributed by atoms with Gasteiger partial charge < -0.3 is 15.0 Å². The second-order valence-electron chi connectivity index (χ2n) is 7.94. The van der Waals surface area contributed by atoms with Crippen LogP contribution in [0.15, 0.2) is 123 Å². The summed E-state index contributed by atoms with van der Waals surface area (Å²) in [7, 11) is 0. The normalized spacial score (nSPS) is 12.1. The van der Waals surface area contributed by atoms with Gasteiger partial charge in [0.15, 0.2) is 0 Å². The fraction of sp³-hybridized carbons (Fsp3) is 0. The first-order chi connectivity index (χ1) is 17.7. The molecular weight excluding hydrogens is 679 g/mol. The number of carboxylic acid groups (broad SMARTS) is 1. The van der Waals surface area contributed by atoms with Crippen molar-refractivity contribution in [3.05, 3.63) is 115 Å². The number of pyridine rings is 2. The Bertz CT molecular complexity index is 1510. The number of aromatic nitrogens is 2. The zero-order valence-electron chi connectivity index (χ0n) is 19.2. The van der Waals surface area contributed by atoms with Gasteiger partial charge in [-0.25, -0.2) is 9.78 Å². The van der Waals surface area contributed by atoms with Crippen LogP contribution in [0.25, 0.3) is 11.3 Å². The largest absolute Gasteiger partial charge is 0.477 e. The van der Waals surface area contributed by atoms with E-state index < -0.39 is 5.97 Å². The van der Waals surface area contributed by atoms with Crippen molar-refractivity contribution in [1.29, 1.82) is 0 Å². The summed E-state index contributed by atoms with van der Waals surface area (Å²) in [6.07, 6.45) is 3.29. The topological polar surface area (TPSA) is 66.3 Å². The van der Waals surface area contributed by atoms with Gasteiger partial charge >= 0.3 is 5.97 Å². The summed E-state index contributed by atoms with van der Waals surface area (Å²) in [5.74, 6) is -0.990. The third-order valence-electron chi connectivity index (χ3n) is 5.66. The molecule has 183 valence electrons. The summed E-state index contributed by atoms with van der Waals surface area (Å²) in [5, 5.41) is 8.32. The number of carbonyl (C=O) groups is 1. The smallest absolute Gasteiger partial charge is 0.354 e. The summed E-state index contributed by atoms with van der Waals surface area (Å²) < 4.78 is 0. The van der Waals surface area contributed by atoms with Crippen molar-refractivity contribution < 1.29 is 30.0 Å². The first-order valence-electron chi connectivity index (χ1n) is 11.2. The Morgan fingerprint density at radius 1 is 0.757 bits per heavy atom. The summed E-state index contributed by atoms with van der Waals surface area (Å²) in [6, 6.07) is 33.9. The molecule has 5 nitrogen and oxygen atoms in total. The van der Waals surface area contributed by atoms with Crippen LogP contribution >= 0.6 is 23.5 Å². The number of para-hydroxylation sites is 2. The van der Waals surface area contributed by atoms with Crippen LogP contribution in [0.3, 0.4) is 0 Å². The van der Waals surface area contributed by atoms with Gasteiger partial charge in [-0.3, -0.25) is 0 Å². The van der Waals surface area contributed by atoms with Crippen molar-refractivity contribution >= 4 is 46.6 Å². The van der Waals surface area contributed by atoms with Gasteiger partial charge in [0.1, 0.15) is 5.69 Å². The molecule has 0 aliphatic carbocycles. The van der Waals surface area contributed by atoms with E-state index in [-0.39, 0.29) is 25.8 Å². The van der Waals surface area contributed by atoms with Gasteiger partial charge in [-0.15, -0.1) is 41.2 Å². The molecule has 2 aliphatic heterocycles. The third kappa shape index (κ3) is 4.93. The molecule has 8 heteroatoms. The van der Waals surface area contributed by atoms with E-state index >= 15 is 0 Å². The Morgan fingerprint density at radius 3 is 1.97 bits per heavy atom. The third-order valence-corrected chi connectivity index (χ3v) is 7.83. The molecule has 0 unspecified atom stereocenters. The van der Waals surface area contributed by atoms with E-state index in [1.807, 2.05) is 36.2 Å². The van der Waals surface area contributed by atoms with Gasteiger partial charge in [-0.05, 0) is 63.6 Å². The molecule has 0 spiro atoms. The molecule has 0 amide bonds. The van der Waals surface area contributed by atoms with Crippen molar-refractivity contribution in [3.8, 4) is 11.3 Å². The number of hydrogen-bond acceptors (Lipinski definition) is 6. The van der Waals surface area contributed by atoms with E-state index in [1.54, 1.807) is 23.9 Å². The SMILES string of the molecule is O=C(O)c1ccccn1.[Ir].[c-]1c(-c2ccccn2)cc2c3c1Sc1ccccc1N3c1ccccc1S2. The van der Waals surface area contributed by atoms with Crippen molar-refractivity contribution in [3.63, 3.8) is 0 Å². The molecule has 1 N–H and O–H groups in total. The molecule has 0 fully saturated rings. The predicted molar refractivity (Wildman–Crippen MR) is 143 cm³/mol. The molecular formula is C29H18IrN3O2S2-. The molecule has 0 bridgehead atoms. The van der Waals surface area contributed by atoms with E-state index in [9.17, 15) is 4.79 Å². The van der Waals surface area contributed by atoms with E-state index in [0.29, 0.717) is 0 Å². The molecule has 2 aromatic heterocycles. The summed E-state index contributed by atoms with van der Waals surface area (Å²) >= 11 is 3.63. The van der Waals surface area contributed by atoms with E-state index in [2.05, 4.69) is 75.5 Å². The van der Waals surface area contributed by atoms with Gasteiger partial charge in [0.25, 0.3) is 0 Å². The number of nitrogens with zero attached hydrogens (tertiary/aromatic N) is 3. The molecule has 4 heterocycles. The van der Waals surface area contributed by atoms with Crippen molar-refractivity contribution in [2.45, 2.75) is 19.6 Å². The van der Waals surface area contributed by atoms with Crippen LogP contribution in [0, 0.1) is 6.07 Å². The Morgan fingerprint density at radius 2 is 1.38 bits per heavy atom. The fourth-order valence-electron chi connectivity index (χ4n) is 4.10. The molecule has 0 atom stereocenters. The van der Waals surface area contributed by atoms with Gasteiger partial charge in [0.2, 0.25) is 0 Å². The minimum atomic E-state index is -0.990. The van der Waals surface area contributed by atoms with Crippen LogP contribution in [0.4, 0.5) is 17.1 Å². The minimum Gasteiger partial charge on any atom is -0.477 e. The van der Waals surface area contributed by atoms with Crippen LogP contribution in [0.1, 0.15) is 10.5 Å². The second kappa shape index (κ2) is 10.9. The number of carboxylic acids is 1. The van der Waals surface area contributed by atoms with Gasteiger partial charge in [0.05, 0.1) is 11.4 Å². The Kier molecular flexibility index (Phi) is 7.44. The average molecular weight is 697 g/mol. The quantitative estimate of drug-likeness (QED) is 0.186. The van der Waals surface area contributed by atoms with E-state index in [0.717, 1.165) is 16.2 Å². The van der Waals surface area contributed by atoms with Gasteiger partial charge in [-0.2, -0.15) is 0 Å². The summed E-state index contributed by atoms with van der Waals surface area (Å²) in [6.45, 7) is 0. The van der Waals surface area contributed by atoms with Crippen LogP contribution in [-0.4, -0.2) is 21.0 Å². The molecule has 1 radical (unpaired) electrons. The number of rotatable bonds is 2. The zero-order chi connectivity index (χ0) is 24.5. The maximum absolute atomic E-state index is 10.1. The van der Waals surface area contributed by atoms with Gasteiger partial charge in [0, 0.05) is 42.3 Å². The Balaban J connectivity index is 0.000000241. The zero-order valence-corrected chi connectivity index (χ0v) is 23.2.